The van der Waals surface area contributed by atoms with Gasteiger partial charge in [-0.15, -0.1) is 0 Å². The summed E-state index contributed by atoms with van der Waals surface area (Å²) < 4.78 is 0.848. The lowest BCUT2D eigenvalue weighted by Crippen LogP contribution is -2.02. The van der Waals surface area contributed by atoms with E-state index in [1.807, 2.05) is 25.1 Å². The molecule has 0 bridgehead atoms. The van der Waals surface area contributed by atoms with E-state index in [1.165, 1.54) is 16.9 Å². The predicted octanol–water partition coefficient (Wildman–Crippen LogP) is 3.86. The average molecular weight is 389 g/mol. The van der Waals surface area contributed by atoms with Crippen molar-refractivity contribution in [2.45, 2.75) is 30.3 Å². The topological polar surface area (TPSA) is 110 Å². The lowest BCUT2D eigenvalue weighted by atomic mass is 10.1. The molecule has 1 unspecified atom stereocenters. The molecule has 3 N–H and O–H groups in total. The van der Waals surface area contributed by atoms with E-state index < -0.39 is 0 Å². The molecule has 136 valence electrons. The summed E-state index contributed by atoms with van der Waals surface area (Å²) in [6, 6.07) is 9.97. The molecule has 3 aromatic rings. The number of aliphatic hydroxyl groups excluding tert-OH is 1. The highest BCUT2D eigenvalue weighted by atomic mass is 32.2. The number of rotatable bonds is 8. The Morgan fingerprint density at radius 2 is 2.04 bits per heavy atom. The van der Waals surface area contributed by atoms with Crippen LogP contribution in [0.3, 0.4) is 0 Å². The van der Waals surface area contributed by atoms with Crippen molar-refractivity contribution >= 4 is 38.6 Å². The molecule has 0 aliphatic rings. The summed E-state index contributed by atoms with van der Waals surface area (Å²) in [6.45, 7) is 2.29. The molecule has 2 heterocycles. The predicted molar refractivity (Wildman–Crippen MR) is 105 cm³/mol. The van der Waals surface area contributed by atoms with Gasteiger partial charge in [0, 0.05) is 5.75 Å². The summed E-state index contributed by atoms with van der Waals surface area (Å²) >= 11 is 2.92. The number of azo groups is 1. The summed E-state index contributed by atoms with van der Waals surface area (Å²) in [4.78, 5) is 13.6. The van der Waals surface area contributed by atoms with Crippen LogP contribution in [-0.2, 0) is 5.75 Å². The van der Waals surface area contributed by atoms with E-state index in [9.17, 15) is 0 Å². The fourth-order valence-electron chi connectivity index (χ4n) is 2.38. The van der Waals surface area contributed by atoms with Gasteiger partial charge in [-0.1, -0.05) is 60.4 Å². The lowest BCUT2D eigenvalue weighted by Gasteiger charge is -2.10. The van der Waals surface area contributed by atoms with Crippen molar-refractivity contribution in [3.63, 3.8) is 0 Å². The number of nitrogens with zero attached hydrogens (tertiary/aromatic N) is 5. The van der Waals surface area contributed by atoms with Crippen LogP contribution in [-0.4, -0.2) is 33.2 Å². The molecule has 0 aliphatic carbocycles. The highest BCUT2D eigenvalue weighted by Crippen LogP contribution is 2.34. The van der Waals surface area contributed by atoms with E-state index in [2.05, 4.69) is 32.3 Å². The minimum atomic E-state index is -0.206. The van der Waals surface area contributed by atoms with Crippen molar-refractivity contribution in [1.82, 2.24) is 15.0 Å². The molecule has 1 aromatic carbocycles. The number of anilines is 1. The van der Waals surface area contributed by atoms with Crippen LogP contribution in [0.1, 0.15) is 30.6 Å². The number of fused-ring (bicyclic) bond motifs is 1. The molecule has 0 spiro atoms. The number of hydrogen-bond acceptors (Lipinski definition) is 9. The highest BCUT2D eigenvalue weighted by Gasteiger charge is 2.19. The van der Waals surface area contributed by atoms with Crippen LogP contribution in [0, 0.1) is 0 Å². The van der Waals surface area contributed by atoms with Crippen molar-refractivity contribution in [2.24, 2.45) is 10.2 Å². The van der Waals surface area contributed by atoms with E-state index in [1.54, 1.807) is 11.8 Å². The van der Waals surface area contributed by atoms with Gasteiger partial charge in [0.1, 0.15) is 6.04 Å². The van der Waals surface area contributed by atoms with Crippen molar-refractivity contribution in [1.29, 1.82) is 0 Å². The number of aliphatic hydroxyl groups is 1. The molecule has 7 nitrogen and oxygen atoms in total. The van der Waals surface area contributed by atoms with Gasteiger partial charge < -0.3 is 10.8 Å². The van der Waals surface area contributed by atoms with Gasteiger partial charge in [-0.3, -0.25) is 0 Å². The van der Waals surface area contributed by atoms with E-state index in [-0.39, 0.29) is 19.2 Å². The van der Waals surface area contributed by atoms with Crippen LogP contribution < -0.4 is 5.73 Å². The largest absolute Gasteiger partial charge is 0.394 e. The molecule has 1 atom stereocenters. The molecule has 3 rings (SSSR count). The van der Waals surface area contributed by atoms with Crippen LogP contribution in [0.15, 0.2) is 45.7 Å². The van der Waals surface area contributed by atoms with Gasteiger partial charge in [0.25, 0.3) is 0 Å². The first kappa shape index (κ1) is 18.7. The summed E-state index contributed by atoms with van der Waals surface area (Å²) in [5.41, 5.74) is 8.48. The van der Waals surface area contributed by atoms with Crippen LogP contribution >= 0.6 is 23.1 Å². The highest BCUT2D eigenvalue weighted by molar-refractivity contribution is 7.98. The van der Waals surface area contributed by atoms with Crippen molar-refractivity contribution in [3.05, 3.63) is 41.6 Å². The smallest absolute Gasteiger partial charge is 0.190 e. The standard InChI is InChI=1S/C17H20N6OS2/c1-2-12(23-19-8-9-24)13-14-15(21-16(18)26-14)22-17(20-13)25-10-11-6-4-3-5-7-11/h3-7,12,24H,2,8-10H2,1H3,(H2,18,20,21,22)/b23-19+. The molecule has 0 aliphatic heterocycles. The third-order valence-corrected chi connectivity index (χ3v) is 5.42. The van der Waals surface area contributed by atoms with Crippen molar-refractivity contribution < 1.29 is 5.11 Å². The maximum Gasteiger partial charge on any atom is 0.190 e. The summed E-state index contributed by atoms with van der Waals surface area (Å²) in [5, 5.41) is 18.4. The second kappa shape index (κ2) is 9.02. The quantitative estimate of drug-likeness (QED) is 0.344. The zero-order chi connectivity index (χ0) is 18.4. The van der Waals surface area contributed by atoms with Crippen LogP contribution in [0.2, 0.25) is 0 Å². The Morgan fingerprint density at radius 3 is 2.77 bits per heavy atom. The zero-order valence-electron chi connectivity index (χ0n) is 14.4. The Balaban J connectivity index is 1.92. The van der Waals surface area contributed by atoms with Gasteiger partial charge in [-0.2, -0.15) is 10.2 Å². The first-order valence-corrected chi connectivity index (χ1v) is 10.1. The molecule has 0 amide bonds. The Hall–Kier alpha value is -2.10. The van der Waals surface area contributed by atoms with Gasteiger partial charge in [0.2, 0.25) is 0 Å². The second-order valence-corrected chi connectivity index (χ2v) is 7.47. The molecule has 0 fully saturated rings. The minimum absolute atomic E-state index is 0.0230. The average Bonchev–Trinajstić information content (AvgIpc) is 3.04. The van der Waals surface area contributed by atoms with E-state index in [0.717, 1.165) is 22.6 Å². The summed E-state index contributed by atoms with van der Waals surface area (Å²) in [7, 11) is 0. The monoisotopic (exact) mass is 388 g/mol. The molecule has 0 saturated carbocycles. The normalized spacial score (nSPS) is 12.8. The summed E-state index contributed by atoms with van der Waals surface area (Å²) in [5.74, 6) is 0.772. The zero-order valence-corrected chi connectivity index (χ0v) is 16.0. The molecule has 0 radical (unpaired) electrons. The maximum absolute atomic E-state index is 8.91. The number of thioether (sulfide) groups is 1. The second-order valence-electron chi connectivity index (χ2n) is 5.50. The molecule has 26 heavy (non-hydrogen) atoms. The maximum atomic E-state index is 8.91. The third-order valence-electron chi connectivity index (χ3n) is 3.61. The van der Waals surface area contributed by atoms with E-state index in [4.69, 9.17) is 15.8 Å². The van der Waals surface area contributed by atoms with Crippen molar-refractivity contribution in [3.8, 4) is 0 Å². The molecule has 0 saturated heterocycles. The number of nitrogen functional groups attached to an aromatic ring is 1. The third kappa shape index (κ3) is 4.54. The number of aromatic nitrogens is 3. The summed E-state index contributed by atoms with van der Waals surface area (Å²) in [6.07, 6.45) is 0.738. The first-order chi connectivity index (χ1) is 12.7. The Morgan fingerprint density at radius 1 is 1.23 bits per heavy atom. The fourth-order valence-corrected chi connectivity index (χ4v) is 4.00. The van der Waals surface area contributed by atoms with Gasteiger partial charge in [0.05, 0.1) is 23.5 Å². The molecule has 9 heteroatoms. The van der Waals surface area contributed by atoms with Gasteiger partial charge >= 0.3 is 0 Å². The van der Waals surface area contributed by atoms with E-state index in [0.29, 0.717) is 15.9 Å². The molecular weight excluding hydrogens is 368 g/mol. The first-order valence-electron chi connectivity index (χ1n) is 8.29. The molecule has 2 aromatic heterocycles. The minimum Gasteiger partial charge on any atom is -0.394 e. The fraction of sp³-hybridized carbons (Fsp3) is 0.353. The molecular formula is C17H20N6OS2. The number of hydrogen-bond donors (Lipinski definition) is 2. The SMILES string of the molecule is CCC(/N=N/CCO)c1nc(SCc2ccccc2)nc2nc(N)sc12. The number of benzene rings is 1. The Bertz CT molecular complexity index is 884. The van der Waals surface area contributed by atoms with Crippen LogP contribution in [0.4, 0.5) is 5.13 Å². The van der Waals surface area contributed by atoms with Crippen LogP contribution in [0.25, 0.3) is 10.3 Å². The lowest BCUT2D eigenvalue weighted by molar-refractivity contribution is 0.303. The van der Waals surface area contributed by atoms with Crippen LogP contribution in [0.5, 0.6) is 0 Å². The van der Waals surface area contributed by atoms with Gasteiger partial charge in [-0.05, 0) is 12.0 Å². The number of thiazole rings is 1. The Kier molecular flexibility index (Phi) is 6.48. The van der Waals surface area contributed by atoms with Gasteiger partial charge in [-0.25, -0.2) is 15.0 Å². The number of nitrogens with two attached hydrogens (primary N) is 1. The van der Waals surface area contributed by atoms with Gasteiger partial charge in [0.15, 0.2) is 15.9 Å². The van der Waals surface area contributed by atoms with Crippen molar-refractivity contribution in [2.75, 3.05) is 18.9 Å². The van der Waals surface area contributed by atoms with E-state index >= 15 is 0 Å². The Labute approximate surface area is 159 Å².